The second-order valence-electron chi connectivity index (χ2n) is 7.64. The Hall–Kier alpha value is -2.14. The van der Waals surface area contributed by atoms with Gasteiger partial charge in [-0.15, -0.1) is 0 Å². The fraction of sp³-hybridized carbons (Fsp3) is 0.435. The topological polar surface area (TPSA) is 52.6 Å². The van der Waals surface area contributed by atoms with Gasteiger partial charge in [0, 0.05) is 22.3 Å². The summed E-state index contributed by atoms with van der Waals surface area (Å²) in [6.45, 7) is 0.694. The molecule has 0 spiro atoms. The van der Waals surface area contributed by atoms with Gasteiger partial charge in [-0.3, -0.25) is 4.21 Å². The van der Waals surface area contributed by atoms with E-state index in [0.717, 1.165) is 54.9 Å². The molecule has 0 aromatic heterocycles. The summed E-state index contributed by atoms with van der Waals surface area (Å²) in [5, 5.41) is 0. The van der Waals surface area contributed by atoms with Gasteiger partial charge in [0.25, 0.3) is 0 Å². The Balaban J connectivity index is 1.55. The van der Waals surface area contributed by atoms with E-state index in [9.17, 15) is 9.00 Å². The summed E-state index contributed by atoms with van der Waals surface area (Å²) in [5.41, 5.74) is 5.43. The van der Waals surface area contributed by atoms with Crippen molar-refractivity contribution in [3.05, 3.63) is 53.1 Å². The molecule has 0 bridgehead atoms. The van der Waals surface area contributed by atoms with Gasteiger partial charge in [-0.2, -0.15) is 0 Å². The van der Waals surface area contributed by atoms with Gasteiger partial charge in [-0.1, -0.05) is 12.1 Å². The van der Waals surface area contributed by atoms with Crippen molar-refractivity contribution in [2.24, 2.45) is 5.92 Å². The number of rotatable bonds is 4. The van der Waals surface area contributed by atoms with Crippen molar-refractivity contribution in [3.63, 3.8) is 0 Å². The minimum Gasteiger partial charge on any atom is -0.493 e. The summed E-state index contributed by atoms with van der Waals surface area (Å²) in [4.78, 5) is 11.9. The Bertz CT molecular complexity index is 895. The van der Waals surface area contributed by atoms with Gasteiger partial charge in [-0.25, -0.2) is 4.79 Å². The Kier molecular flexibility index (Phi) is 5.81. The number of benzene rings is 2. The standard InChI is InChI=1S/C23H26O4S/c1-26-23(24)19-6-5-17-3-2-4-18-13-20(7-8-21(18)22(17)14-19)27-15-16-9-11-28(25)12-10-16/h5-8,13-14,16H,2-4,9-12,15H2,1H3. The number of hydrogen-bond acceptors (Lipinski definition) is 4. The molecule has 2 aliphatic rings. The van der Waals surface area contributed by atoms with Crippen LogP contribution in [0.15, 0.2) is 36.4 Å². The molecule has 4 nitrogen and oxygen atoms in total. The van der Waals surface area contributed by atoms with Gasteiger partial charge in [0.15, 0.2) is 0 Å². The Labute approximate surface area is 168 Å². The van der Waals surface area contributed by atoms with Gasteiger partial charge < -0.3 is 9.47 Å². The molecule has 4 rings (SSSR count). The first-order valence-electron chi connectivity index (χ1n) is 9.96. The monoisotopic (exact) mass is 398 g/mol. The summed E-state index contributed by atoms with van der Waals surface area (Å²) in [5.74, 6) is 2.70. The molecule has 1 aliphatic carbocycles. The van der Waals surface area contributed by atoms with E-state index in [1.807, 2.05) is 24.3 Å². The van der Waals surface area contributed by atoms with E-state index in [4.69, 9.17) is 9.47 Å². The lowest BCUT2D eigenvalue weighted by Crippen LogP contribution is -2.23. The average molecular weight is 399 g/mol. The number of hydrogen-bond donors (Lipinski definition) is 0. The average Bonchev–Trinajstić information content (AvgIpc) is 2.91. The molecule has 0 radical (unpaired) electrons. The Morgan fingerprint density at radius 2 is 1.82 bits per heavy atom. The van der Waals surface area contributed by atoms with Crippen molar-refractivity contribution in [2.75, 3.05) is 25.2 Å². The van der Waals surface area contributed by atoms with Crippen LogP contribution in [0.3, 0.4) is 0 Å². The van der Waals surface area contributed by atoms with Crippen molar-refractivity contribution in [1.82, 2.24) is 0 Å². The molecule has 28 heavy (non-hydrogen) atoms. The first-order chi connectivity index (χ1) is 13.6. The molecular weight excluding hydrogens is 372 g/mol. The van der Waals surface area contributed by atoms with Crippen LogP contribution in [0.2, 0.25) is 0 Å². The van der Waals surface area contributed by atoms with E-state index in [-0.39, 0.29) is 5.97 Å². The summed E-state index contributed by atoms with van der Waals surface area (Å²) in [6.07, 6.45) is 5.05. The molecule has 0 saturated carbocycles. The SMILES string of the molecule is COC(=O)c1ccc2c(c1)-c1ccc(OCC3CCS(=O)CC3)cc1CCC2. The van der Waals surface area contributed by atoms with Crippen molar-refractivity contribution < 1.29 is 18.5 Å². The third-order valence-electron chi connectivity index (χ3n) is 5.78. The number of carbonyl (C=O) groups excluding carboxylic acids is 1. The molecular formula is C23H26O4S. The van der Waals surface area contributed by atoms with Crippen LogP contribution >= 0.6 is 0 Å². The van der Waals surface area contributed by atoms with E-state index < -0.39 is 10.8 Å². The van der Waals surface area contributed by atoms with E-state index in [2.05, 4.69) is 12.1 Å². The fourth-order valence-corrected chi connectivity index (χ4v) is 5.51. The van der Waals surface area contributed by atoms with Crippen molar-refractivity contribution in [1.29, 1.82) is 0 Å². The third kappa shape index (κ3) is 4.14. The summed E-state index contributed by atoms with van der Waals surface area (Å²) < 4.78 is 22.5. The number of aryl methyl sites for hydroxylation is 2. The van der Waals surface area contributed by atoms with Crippen LogP contribution in [0.4, 0.5) is 0 Å². The van der Waals surface area contributed by atoms with Crippen LogP contribution in [0.1, 0.15) is 40.7 Å². The van der Waals surface area contributed by atoms with Crippen LogP contribution in [-0.4, -0.2) is 35.4 Å². The molecule has 0 atom stereocenters. The lowest BCUT2D eigenvalue weighted by molar-refractivity contribution is 0.0601. The van der Waals surface area contributed by atoms with Crippen LogP contribution < -0.4 is 4.74 Å². The number of methoxy groups -OCH3 is 1. The molecule has 0 N–H and O–H groups in total. The minimum absolute atomic E-state index is 0.304. The van der Waals surface area contributed by atoms with Gasteiger partial charge in [0.2, 0.25) is 0 Å². The highest BCUT2D eigenvalue weighted by atomic mass is 32.2. The van der Waals surface area contributed by atoms with Gasteiger partial charge in [0.05, 0.1) is 19.3 Å². The van der Waals surface area contributed by atoms with Crippen molar-refractivity contribution in [3.8, 4) is 16.9 Å². The van der Waals surface area contributed by atoms with E-state index >= 15 is 0 Å². The summed E-state index contributed by atoms with van der Waals surface area (Å²) in [7, 11) is 0.784. The zero-order valence-electron chi connectivity index (χ0n) is 16.2. The minimum atomic E-state index is -0.629. The molecule has 0 amide bonds. The lowest BCUT2D eigenvalue weighted by atomic mass is 9.94. The lowest BCUT2D eigenvalue weighted by Gasteiger charge is -2.22. The number of carbonyl (C=O) groups is 1. The van der Waals surface area contributed by atoms with E-state index in [1.165, 1.54) is 23.8 Å². The van der Waals surface area contributed by atoms with Crippen molar-refractivity contribution >= 4 is 16.8 Å². The summed E-state index contributed by atoms with van der Waals surface area (Å²) in [6, 6.07) is 12.1. The summed E-state index contributed by atoms with van der Waals surface area (Å²) >= 11 is 0. The van der Waals surface area contributed by atoms with Crippen molar-refractivity contribution in [2.45, 2.75) is 32.1 Å². The molecule has 2 aromatic rings. The number of esters is 1. The van der Waals surface area contributed by atoms with Gasteiger partial charge in [0.1, 0.15) is 5.75 Å². The number of ether oxygens (including phenoxy) is 2. The smallest absolute Gasteiger partial charge is 0.337 e. The Morgan fingerprint density at radius 1 is 1.04 bits per heavy atom. The fourth-order valence-electron chi connectivity index (χ4n) is 4.11. The van der Waals surface area contributed by atoms with Crippen LogP contribution in [0.25, 0.3) is 11.1 Å². The molecule has 1 heterocycles. The maximum Gasteiger partial charge on any atom is 0.337 e. The van der Waals surface area contributed by atoms with Gasteiger partial charge >= 0.3 is 5.97 Å². The molecule has 1 saturated heterocycles. The normalized spacial score (nSPS) is 21.2. The largest absolute Gasteiger partial charge is 0.493 e. The third-order valence-corrected chi connectivity index (χ3v) is 7.17. The van der Waals surface area contributed by atoms with E-state index in [1.54, 1.807) is 0 Å². The molecule has 5 heteroatoms. The maximum atomic E-state index is 11.9. The van der Waals surface area contributed by atoms with Gasteiger partial charge in [-0.05, 0) is 84.5 Å². The quantitative estimate of drug-likeness (QED) is 0.726. The molecule has 2 aromatic carbocycles. The molecule has 0 unspecified atom stereocenters. The highest BCUT2D eigenvalue weighted by Gasteiger charge is 2.20. The first-order valence-corrected chi connectivity index (χ1v) is 11.4. The highest BCUT2D eigenvalue weighted by molar-refractivity contribution is 7.85. The number of fused-ring (bicyclic) bond motifs is 3. The first kappa shape index (κ1) is 19.2. The second kappa shape index (κ2) is 8.48. The van der Waals surface area contributed by atoms with Crippen LogP contribution in [0, 0.1) is 5.92 Å². The molecule has 1 aliphatic heterocycles. The second-order valence-corrected chi connectivity index (χ2v) is 9.33. The predicted octanol–water partition coefficient (Wildman–Crippen LogP) is 4.17. The Morgan fingerprint density at radius 3 is 2.61 bits per heavy atom. The molecule has 148 valence electrons. The molecule has 1 fully saturated rings. The zero-order valence-corrected chi connectivity index (χ0v) is 17.1. The predicted molar refractivity (Wildman–Crippen MR) is 111 cm³/mol. The van der Waals surface area contributed by atoms with Crippen LogP contribution in [0.5, 0.6) is 5.75 Å². The maximum absolute atomic E-state index is 11.9. The zero-order chi connectivity index (χ0) is 19.5. The highest BCUT2D eigenvalue weighted by Crippen LogP contribution is 2.35. The van der Waals surface area contributed by atoms with E-state index in [0.29, 0.717) is 18.1 Å². The van der Waals surface area contributed by atoms with Crippen LogP contribution in [-0.2, 0) is 28.4 Å².